The molecule has 0 aliphatic heterocycles. The number of hydrogen-bond donors (Lipinski definition) is 2. The minimum atomic E-state index is -0.396. The number of aromatic nitrogens is 2. The Hall–Kier alpha value is -2.21. The molecule has 0 amide bonds. The second-order valence-corrected chi connectivity index (χ2v) is 4.21. The highest BCUT2D eigenvalue weighted by Crippen LogP contribution is 2.26. The summed E-state index contributed by atoms with van der Waals surface area (Å²) in [5, 5.41) is 14.2. The third kappa shape index (κ3) is 3.17. The summed E-state index contributed by atoms with van der Waals surface area (Å²) in [7, 11) is 0. The van der Waals surface area contributed by atoms with Gasteiger partial charge < -0.3 is 10.3 Å². The number of nitrogens with one attached hydrogen (secondary N) is 2. The summed E-state index contributed by atoms with van der Waals surface area (Å²) in [4.78, 5) is 17.9. The fourth-order valence-corrected chi connectivity index (χ4v) is 1.82. The highest BCUT2D eigenvalue weighted by Gasteiger charge is 2.16. The molecule has 19 heavy (non-hydrogen) atoms. The van der Waals surface area contributed by atoms with Gasteiger partial charge in [-0.1, -0.05) is 19.1 Å². The van der Waals surface area contributed by atoms with E-state index < -0.39 is 4.92 Å². The van der Waals surface area contributed by atoms with E-state index in [1.54, 1.807) is 24.4 Å². The van der Waals surface area contributed by atoms with Crippen LogP contribution < -0.4 is 5.32 Å². The van der Waals surface area contributed by atoms with Gasteiger partial charge >= 0.3 is 0 Å². The maximum absolute atomic E-state index is 11.0. The topological polar surface area (TPSA) is 83.8 Å². The molecule has 2 N–H and O–H groups in total. The lowest BCUT2D eigenvalue weighted by molar-refractivity contribution is -0.384. The van der Waals surface area contributed by atoms with Crippen LogP contribution in [0.3, 0.4) is 0 Å². The fraction of sp³-hybridized carbons (Fsp3) is 0.308. The van der Waals surface area contributed by atoms with Gasteiger partial charge in [0.2, 0.25) is 0 Å². The average molecular weight is 260 g/mol. The molecule has 6 nitrogen and oxygen atoms in total. The summed E-state index contributed by atoms with van der Waals surface area (Å²) in [6.07, 6.45) is 2.76. The van der Waals surface area contributed by atoms with Gasteiger partial charge in [0.15, 0.2) is 0 Å². The zero-order valence-electron chi connectivity index (χ0n) is 10.7. The van der Waals surface area contributed by atoms with E-state index in [9.17, 15) is 10.1 Å². The lowest BCUT2D eigenvalue weighted by atomic mass is 10.2. The van der Waals surface area contributed by atoms with Crippen LogP contribution in [0.2, 0.25) is 0 Å². The van der Waals surface area contributed by atoms with Crippen LogP contribution in [0, 0.1) is 10.1 Å². The molecule has 100 valence electrons. The summed E-state index contributed by atoms with van der Waals surface area (Å²) >= 11 is 0. The lowest BCUT2D eigenvalue weighted by Crippen LogP contribution is -2.13. The van der Waals surface area contributed by atoms with Gasteiger partial charge in [0.25, 0.3) is 5.69 Å². The molecule has 2 rings (SSSR count). The molecule has 0 aliphatic carbocycles. The summed E-state index contributed by atoms with van der Waals surface area (Å²) in [6, 6.07) is 6.58. The smallest absolute Gasteiger partial charge is 0.280 e. The molecule has 0 saturated heterocycles. The van der Waals surface area contributed by atoms with Crippen LogP contribution in [0.15, 0.2) is 30.5 Å². The molecule has 1 heterocycles. The minimum Gasteiger partial charge on any atom is -0.341 e. The van der Waals surface area contributed by atoms with Crippen LogP contribution in [-0.4, -0.2) is 21.4 Å². The Balaban J connectivity index is 2.21. The van der Waals surface area contributed by atoms with Crippen LogP contribution in [0.1, 0.15) is 19.0 Å². The first-order valence-electron chi connectivity index (χ1n) is 6.20. The quantitative estimate of drug-likeness (QED) is 0.475. The van der Waals surface area contributed by atoms with E-state index in [0.717, 1.165) is 18.7 Å². The minimum absolute atomic E-state index is 0.0601. The highest BCUT2D eigenvalue weighted by atomic mass is 16.6. The molecule has 0 saturated carbocycles. The van der Waals surface area contributed by atoms with Gasteiger partial charge in [0.1, 0.15) is 5.82 Å². The van der Waals surface area contributed by atoms with Crippen LogP contribution in [0.4, 0.5) is 5.69 Å². The molecule has 0 bridgehead atoms. The predicted octanol–water partition coefficient (Wildman–Crippen LogP) is 2.48. The number of para-hydroxylation sites is 1. The molecule has 0 unspecified atom stereocenters. The van der Waals surface area contributed by atoms with Gasteiger partial charge in [-0.05, 0) is 19.0 Å². The zero-order chi connectivity index (χ0) is 13.7. The lowest BCUT2D eigenvalue weighted by Gasteiger charge is -2.00. The summed E-state index contributed by atoms with van der Waals surface area (Å²) in [5.74, 6) is 0.528. The largest absolute Gasteiger partial charge is 0.341 e. The number of nitro groups is 1. The van der Waals surface area contributed by atoms with E-state index in [0.29, 0.717) is 17.9 Å². The van der Waals surface area contributed by atoms with E-state index in [1.165, 1.54) is 6.07 Å². The molecule has 2 aromatic rings. The first kappa shape index (κ1) is 13.2. The van der Waals surface area contributed by atoms with E-state index >= 15 is 0 Å². The molecule has 0 fully saturated rings. The molecule has 1 aromatic heterocycles. The van der Waals surface area contributed by atoms with E-state index in [2.05, 4.69) is 22.2 Å². The highest BCUT2D eigenvalue weighted by molar-refractivity contribution is 5.67. The number of nitrogens with zero attached hydrogens (tertiary/aromatic N) is 2. The van der Waals surface area contributed by atoms with Crippen LogP contribution in [0.5, 0.6) is 0 Å². The molecule has 0 spiro atoms. The molecule has 0 radical (unpaired) electrons. The van der Waals surface area contributed by atoms with E-state index in [1.807, 2.05) is 0 Å². The van der Waals surface area contributed by atoms with Crippen molar-refractivity contribution >= 4 is 5.69 Å². The maximum atomic E-state index is 11.0. The van der Waals surface area contributed by atoms with E-state index in [4.69, 9.17) is 0 Å². The van der Waals surface area contributed by atoms with Gasteiger partial charge in [0.05, 0.1) is 10.5 Å². The van der Waals surface area contributed by atoms with E-state index in [-0.39, 0.29) is 5.69 Å². The molecule has 6 heteroatoms. The Morgan fingerprint density at radius 2 is 2.21 bits per heavy atom. The molecular formula is C13H16N4O2. The van der Waals surface area contributed by atoms with Gasteiger partial charge in [-0.3, -0.25) is 10.1 Å². The Labute approximate surface area is 111 Å². The van der Waals surface area contributed by atoms with Crippen molar-refractivity contribution < 1.29 is 4.92 Å². The Bertz CT molecular complexity index is 565. The van der Waals surface area contributed by atoms with Crippen molar-refractivity contribution in [2.45, 2.75) is 19.9 Å². The second-order valence-electron chi connectivity index (χ2n) is 4.21. The predicted molar refractivity (Wildman–Crippen MR) is 72.7 cm³/mol. The standard InChI is InChI=1S/C13H16N4O2/c1-2-7-14-8-10-9-15-13(16-10)11-5-3-4-6-12(11)17(18)19/h3-6,9,14H,2,7-8H2,1H3,(H,15,16). The monoisotopic (exact) mass is 260 g/mol. The summed E-state index contributed by atoms with van der Waals surface area (Å²) in [5.41, 5.74) is 1.49. The molecule has 0 atom stereocenters. The number of H-pyrrole nitrogens is 1. The number of imidazole rings is 1. The van der Waals surface area contributed by atoms with Crippen molar-refractivity contribution in [3.8, 4) is 11.4 Å². The number of hydrogen-bond acceptors (Lipinski definition) is 4. The van der Waals surface area contributed by atoms with Gasteiger partial charge in [-0.2, -0.15) is 0 Å². The number of aromatic amines is 1. The van der Waals surface area contributed by atoms with Crippen molar-refractivity contribution in [2.75, 3.05) is 6.54 Å². The normalized spacial score (nSPS) is 10.6. The Morgan fingerprint density at radius 1 is 1.42 bits per heavy atom. The third-order valence-corrected chi connectivity index (χ3v) is 2.73. The van der Waals surface area contributed by atoms with Crippen LogP contribution in [-0.2, 0) is 6.54 Å². The Morgan fingerprint density at radius 3 is 2.95 bits per heavy atom. The SMILES string of the molecule is CCCNCc1cnc(-c2ccccc2[N+](=O)[O-])[nH]1. The summed E-state index contributed by atoms with van der Waals surface area (Å²) in [6.45, 7) is 3.71. The summed E-state index contributed by atoms with van der Waals surface area (Å²) < 4.78 is 0. The molecular weight excluding hydrogens is 244 g/mol. The third-order valence-electron chi connectivity index (χ3n) is 2.73. The number of rotatable bonds is 6. The molecule has 0 aliphatic rings. The van der Waals surface area contributed by atoms with Crippen molar-refractivity contribution in [1.29, 1.82) is 0 Å². The van der Waals surface area contributed by atoms with Crippen LogP contribution >= 0.6 is 0 Å². The fourth-order valence-electron chi connectivity index (χ4n) is 1.82. The maximum Gasteiger partial charge on any atom is 0.280 e. The van der Waals surface area contributed by atoms with Crippen molar-refractivity contribution in [2.24, 2.45) is 0 Å². The molecule has 1 aromatic carbocycles. The van der Waals surface area contributed by atoms with Gasteiger partial charge in [-0.25, -0.2) is 4.98 Å². The van der Waals surface area contributed by atoms with Crippen LogP contribution in [0.25, 0.3) is 11.4 Å². The van der Waals surface area contributed by atoms with Crippen molar-refractivity contribution in [3.63, 3.8) is 0 Å². The van der Waals surface area contributed by atoms with Gasteiger partial charge in [-0.15, -0.1) is 0 Å². The second kappa shape index (κ2) is 6.10. The zero-order valence-corrected chi connectivity index (χ0v) is 10.7. The van der Waals surface area contributed by atoms with Crippen molar-refractivity contribution in [3.05, 3.63) is 46.3 Å². The Kier molecular flexibility index (Phi) is 4.25. The first-order chi connectivity index (χ1) is 9.22. The van der Waals surface area contributed by atoms with Crippen molar-refractivity contribution in [1.82, 2.24) is 15.3 Å². The first-order valence-corrected chi connectivity index (χ1v) is 6.20. The number of benzene rings is 1. The van der Waals surface area contributed by atoms with Gasteiger partial charge in [0, 0.05) is 24.5 Å². The average Bonchev–Trinajstić information content (AvgIpc) is 2.88. The number of nitro benzene ring substituents is 1.